The van der Waals surface area contributed by atoms with Crippen LogP contribution in [-0.2, 0) is 0 Å². The SMILES string of the molecule is CCC(C)C(C)PC(CC)C(C)C. The molecule has 0 amide bonds. The Morgan fingerprint density at radius 2 is 1.46 bits per heavy atom. The number of rotatable bonds is 6. The molecule has 4 atom stereocenters. The smallest absolute Gasteiger partial charge is 0.0214 e. The predicted molar refractivity (Wildman–Crippen MR) is 66.1 cm³/mol. The lowest BCUT2D eigenvalue weighted by Crippen LogP contribution is -2.16. The van der Waals surface area contributed by atoms with E-state index in [1.807, 2.05) is 0 Å². The Morgan fingerprint density at radius 1 is 0.923 bits per heavy atom. The topological polar surface area (TPSA) is 0 Å². The van der Waals surface area contributed by atoms with Gasteiger partial charge < -0.3 is 0 Å². The maximum absolute atomic E-state index is 2.43. The lowest BCUT2D eigenvalue weighted by molar-refractivity contribution is 0.536. The van der Waals surface area contributed by atoms with Crippen molar-refractivity contribution in [2.75, 3.05) is 0 Å². The van der Waals surface area contributed by atoms with Gasteiger partial charge in [0.2, 0.25) is 0 Å². The molecule has 0 saturated carbocycles. The third-order valence-corrected chi connectivity index (χ3v) is 5.82. The minimum atomic E-state index is 0.870. The first-order valence-corrected chi connectivity index (χ1v) is 6.94. The summed E-state index contributed by atoms with van der Waals surface area (Å²) in [4.78, 5) is 0. The van der Waals surface area contributed by atoms with Crippen molar-refractivity contribution in [2.45, 2.75) is 65.7 Å². The van der Waals surface area contributed by atoms with Gasteiger partial charge in [-0.3, -0.25) is 0 Å². The fourth-order valence-electron chi connectivity index (χ4n) is 1.64. The van der Waals surface area contributed by atoms with Crippen LogP contribution >= 0.6 is 8.58 Å². The van der Waals surface area contributed by atoms with E-state index in [2.05, 4.69) is 41.5 Å². The van der Waals surface area contributed by atoms with Crippen LogP contribution in [0.5, 0.6) is 0 Å². The first-order chi connectivity index (χ1) is 6.02. The Bertz CT molecular complexity index is 120. The van der Waals surface area contributed by atoms with Gasteiger partial charge in [-0.25, -0.2) is 0 Å². The highest BCUT2D eigenvalue weighted by Crippen LogP contribution is 2.36. The number of hydrogen-bond acceptors (Lipinski definition) is 0. The van der Waals surface area contributed by atoms with Crippen molar-refractivity contribution in [3.8, 4) is 0 Å². The highest BCUT2D eigenvalue weighted by Gasteiger charge is 2.17. The zero-order chi connectivity index (χ0) is 10.4. The van der Waals surface area contributed by atoms with Gasteiger partial charge in [-0.1, -0.05) is 48.0 Å². The van der Waals surface area contributed by atoms with Crippen LogP contribution in [-0.4, -0.2) is 11.3 Å². The fourth-order valence-corrected chi connectivity index (χ4v) is 3.50. The summed E-state index contributed by atoms with van der Waals surface area (Å²) in [5.41, 5.74) is 1.89. The molecule has 0 rings (SSSR count). The maximum Gasteiger partial charge on any atom is -0.0214 e. The maximum atomic E-state index is 2.43. The van der Waals surface area contributed by atoms with Crippen LogP contribution in [0.2, 0.25) is 0 Å². The van der Waals surface area contributed by atoms with Gasteiger partial charge in [0.1, 0.15) is 0 Å². The third kappa shape index (κ3) is 5.01. The average Bonchev–Trinajstić information content (AvgIpc) is 2.11. The van der Waals surface area contributed by atoms with Crippen LogP contribution < -0.4 is 0 Å². The van der Waals surface area contributed by atoms with E-state index in [4.69, 9.17) is 0 Å². The van der Waals surface area contributed by atoms with E-state index in [-0.39, 0.29) is 0 Å². The molecule has 0 heterocycles. The van der Waals surface area contributed by atoms with Crippen molar-refractivity contribution < 1.29 is 0 Å². The molecule has 0 aromatic carbocycles. The molecule has 0 aliphatic heterocycles. The van der Waals surface area contributed by atoms with Gasteiger partial charge in [0.15, 0.2) is 0 Å². The van der Waals surface area contributed by atoms with E-state index >= 15 is 0 Å². The molecule has 0 fully saturated rings. The molecular weight excluding hydrogens is 175 g/mol. The van der Waals surface area contributed by atoms with Crippen LogP contribution in [0.15, 0.2) is 0 Å². The van der Waals surface area contributed by atoms with Crippen molar-refractivity contribution in [3.05, 3.63) is 0 Å². The molecule has 0 aromatic rings. The Hall–Kier alpha value is 0.430. The van der Waals surface area contributed by atoms with Gasteiger partial charge in [-0.2, -0.15) is 0 Å². The summed E-state index contributed by atoms with van der Waals surface area (Å²) in [5, 5.41) is 0. The monoisotopic (exact) mass is 202 g/mol. The van der Waals surface area contributed by atoms with Crippen LogP contribution in [0, 0.1) is 11.8 Å². The van der Waals surface area contributed by atoms with Crippen molar-refractivity contribution in [3.63, 3.8) is 0 Å². The largest absolute Gasteiger partial charge is 0.115 e. The molecule has 4 unspecified atom stereocenters. The van der Waals surface area contributed by atoms with E-state index in [1.165, 1.54) is 12.8 Å². The summed E-state index contributed by atoms with van der Waals surface area (Å²) < 4.78 is 0. The summed E-state index contributed by atoms with van der Waals surface area (Å²) in [5.74, 6) is 1.78. The zero-order valence-corrected chi connectivity index (χ0v) is 11.2. The quantitative estimate of drug-likeness (QED) is 0.555. The third-order valence-electron chi connectivity index (χ3n) is 3.22. The molecular formula is C12H27P. The van der Waals surface area contributed by atoms with Crippen molar-refractivity contribution in [2.24, 2.45) is 11.8 Å². The molecule has 1 heteroatoms. The molecule has 0 spiro atoms. The molecule has 0 radical (unpaired) electrons. The van der Waals surface area contributed by atoms with Gasteiger partial charge in [-0.15, -0.1) is 8.58 Å². The van der Waals surface area contributed by atoms with Gasteiger partial charge in [0.25, 0.3) is 0 Å². The summed E-state index contributed by atoms with van der Waals surface area (Å²) in [7, 11) is 1.16. The number of hydrogen-bond donors (Lipinski definition) is 0. The predicted octanol–water partition coefficient (Wildman–Crippen LogP) is 4.53. The van der Waals surface area contributed by atoms with Crippen LogP contribution in [0.4, 0.5) is 0 Å². The molecule has 0 aromatic heterocycles. The zero-order valence-electron chi connectivity index (χ0n) is 10.2. The lowest BCUT2D eigenvalue weighted by atomic mass is 10.1. The molecule has 0 N–H and O–H groups in total. The molecule has 0 saturated heterocycles. The summed E-state index contributed by atoms with van der Waals surface area (Å²) in [6, 6.07) is 0. The van der Waals surface area contributed by atoms with Gasteiger partial charge in [0, 0.05) is 0 Å². The molecule has 80 valence electrons. The normalized spacial score (nSPS) is 19.6. The summed E-state index contributed by atoms with van der Waals surface area (Å²) >= 11 is 0. The standard InChI is InChI=1S/C12H27P/c1-7-10(5)11(6)13-12(8-2)9(3)4/h9-13H,7-8H2,1-6H3. The van der Waals surface area contributed by atoms with Gasteiger partial charge in [-0.05, 0) is 29.6 Å². The minimum absolute atomic E-state index is 0.870. The van der Waals surface area contributed by atoms with Crippen LogP contribution in [0.25, 0.3) is 0 Å². The minimum Gasteiger partial charge on any atom is -0.115 e. The van der Waals surface area contributed by atoms with Gasteiger partial charge in [0.05, 0.1) is 0 Å². The van der Waals surface area contributed by atoms with Crippen LogP contribution in [0.3, 0.4) is 0 Å². The average molecular weight is 202 g/mol. The molecule has 0 nitrogen and oxygen atoms in total. The van der Waals surface area contributed by atoms with E-state index in [0.29, 0.717) is 0 Å². The first-order valence-electron chi connectivity index (χ1n) is 5.78. The molecule has 0 aliphatic rings. The second-order valence-electron chi connectivity index (χ2n) is 4.60. The Kier molecular flexibility index (Phi) is 7.05. The van der Waals surface area contributed by atoms with E-state index < -0.39 is 0 Å². The van der Waals surface area contributed by atoms with Crippen LogP contribution in [0.1, 0.15) is 54.4 Å². The second kappa shape index (κ2) is 6.82. The highest BCUT2D eigenvalue weighted by atomic mass is 31.1. The van der Waals surface area contributed by atoms with Crippen molar-refractivity contribution in [1.82, 2.24) is 0 Å². The molecule has 13 heavy (non-hydrogen) atoms. The highest BCUT2D eigenvalue weighted by molar-refractivity contribution is 7.39. The van der Waals surface area contributed by atoms with Gasteiger partial charge >= 0.3 is 0 Å². The fraction of sp³-hybridized carbons (Fsp3) is 1.00. The molecule has 0 bridgehead atoms. The van der Waals surface area contributed by atoms with Crippen molar-refractivity contribution >= 4 is 8.58 Å². The molecule has 0 aliphatic carbocycles. The Balaban J connectivity index is 3.93. The Morgan fingerprint density at radius 3 is 1.77 bits per heavy atom. The van der Waals surface area contributed by atoms with E-state index in [9.17, 15) is 0 Å². The van der Waals surface area contributed by atoms with E-state index in [1.54, 1.807) is 0 Å². The Labute approximate surface area is 86.7 Å². The lowest BCUT2D eigenvalue weighted by Gasteiger charge is -2.26. The van der Waals surface area contributed by atoms with E-state index in [0.717, 1.165) is 31.7 Å². The summed E-state index contributed by atoms with van der Waals surface area (Å²) in [6.07, 6.45) is 2.69. The van der Waals surface area contributed by atoms with Crippen molar-refractivity contribution in [1.29, 1.82) is 0 Å². The second-order valence-corrected chi connectivity index (χ2v) is 6.59. The first kappa shape index (κ1) is 13.4. The summed E-state index contributed by atoms with van der Waals surface area (Å²) in [6.45, 7) is 14.2.